The maximum absolute atomic E-state index is 13.3. The van der Waals surface area contributed by atoms with Crippen molar-refractivity contribution >= 4 is 21.6 Å². The van der Waals surface area contributed by atoms with Gasteiger partial charge in [0.05, 0.1) is 18.0 Å². The third-order valence-corrected chi connectivity index (χ3v) is 4.57. The second kappa shape index (κ2) is 7.22. The van der Waals surface area contributed by atoms with Gasteiger partial charge < -0.3 is 10.1 Å². The molecule has 1 aromatic rings. The van der Waals surface area contributed by atoms with E-state index in [1.54, 1.807) is 0 Å². The molecule has 1 atom stereocenters. The summed E-state index contributed by atoms with van der Waals surface area (Å²) in [5, 5.41) is 2.59. The fraction of sp³-hybridized carbons (Fsp3) is 0.500. The van der Waals surface area contributed by atoms with E-state index in [0.717, 1.165) is 41.6 Å². The van der Waals surface area contributed by atoms with Gasteiger partial charge >= 0.3 is 0 Å². The average Bonchev–Trinajstić information content (AvgIpc) is 2.98. The van der Waals surface area contributed by atoms with Crippen LogP contribution in [0, 0.1) is 11.6 Å². The Morgan fingerprint density at radius 2 is 2.13 bits per heavy atom. The molecule has 1 amide bonds. The molecule has 6 nitrogen and oxygen atoms in total. The smallest absolute Gasteiger partial charge is 0.240 e. The number of ether oxygens (including phenoxy) is 1. The SMILES string of the molecule is CS(=O)(=O)N(CC(=O)NC[C@H]1CCCO1)c1ccc(F)c(F)c1. The van der Waals surface area contributed by atoms with Crippen molar-refractivity contribution in [1.82, 2.24) is 5.32 Å². The number of carbonyl (C=O) groups excluding carboxylic acids is 1. The van der Waals surface area contributed by atoms with Crippen LogP contribution in [0.25, 0.3) is 0 Å². The molecule has 1 aromatic carbocycles. The molecule has 0 unspecified atom stereocenters. The number of nitrogens with zero attached hydrogens (tertiary/aromatic N) is 1. The van der Waals surface area contributed by atoms with Gasteiger partial charge in [-0.15, -0.1) is 0 Å². The van der Waals surface area contributed by atoms with Crippen molar-refractivity contribution < 1.29 is 26.7 Å². The minimum Gasteiger partial charge on any atom is -0.376 e. The molecule has 0 spiro atoms. The zero-order chi connectivity index (χ0) is 17.0. The van der Waals surface area contributed by atoms with Crippen molar-refractivity contribution in [2.45, 2.75) is 18.9 Å². The van der Waals surface area contributed by atoms with Crippen molar-refractivity contribution in [3.05, 3.63) is 29.8 Å². The lowest BCUT2D eigenvalue weighted by Gasteiger charge is -2.22. The lowest BCUT2D eigenvalue weighted by Crippen LogP contribution is -2.42. The summed E-state index contributed by atoms with van der Waals surface area (Å²) in [5.74, 6) is -2.82. The van der Waals surface area contributed by atoms with Gasteiger partial charge in [-0.25, -0.2) is 17.2 Å². The summed E-state index contributed by atoms with van der Waals surface area (Å²) in [7, 11) is -3.83. The van der Waals surface area contributed by atoms with Gasteiger partial charge in [-0.1, -0.05) is 0 Å². The summed E-state index contributed by atoms with van der Waals surface area (Å²) >= 11 is 0. The molecule has 1 fully saturated rings. The second-order valence-corrected chi connectivity index (χ2v) is 7.21. The molecule has 9 heteroatoms. The van der Waals surface area contributed by atoms with Gasteiger partial charge in [0.2, 0.25) is 15.9 Å². The first kappa shape index (κ1) is 17.6. The predicted molar refractivity (Wildman–Crippen MR) is 80.5 cm³/mol. The van der Waals surface area contributed by atoms with Crippen LogP contribution in [0.4, 0.5) is 14.5 Å². The Balaban J connectivity index is 2.06. The minimum absolute atomic E-state index is 0.0751. The number of halogens is 2. The molecule has 23 heavy (non-hydrogen) atoms. The van der Waals surface area contributed by atoms with Gasteiger partial charge in [0.25, 0.3) is 0 Å². The Morgan fingerprint density at radius 3 is 2.70 bits per heavy atom. The average molecular weight is 348 g/mol. The second-order valence-electron chi connectivity index (χ2n) is 5.31. The number of anilines is 1. The normalized spacial score (nSPS) is 18.0. The molecular weight excluding hydrogens is 330 g/mol. The molecule has 0 aromatic heterocycles. The van der Waals surface area contributed by atoms with E-state index in [-0.39, 0.29) is 18.3 Å². The number of benzene rings is 1. The van der Waals surface area contributed by atoms with Gasteiger partial charge in [0.1, 0.15) is 6.54 Å². The molecule has 1 aliphatic rings. The number of amides is 1. The van der Waals surface area contributed by atoms with E-state index in [0.29, 0.717) is 6.61 Å². The number of sulfonamides is 1. The lowest BCUT2D eigenvalue weighted by atomic mass is 10.2. The highest BCUT2D eigenvalue weighted by Crippen LogP contribution is 2.20. The fourth-order valence-corrected chi connectivity index (χ4v) is 3.11. The molecule has 1 N–H and O–H groups in total. The van der Waals surface area contributed by atoms with E-state index in [2.05, 4.69) is 5.32 Å². The van der Waals surface area contributed by atoms with Crippen molar-refractivity contribution in [2.24, 2.45) is 0 Å². The van der Waals surface area contributed by atoms with E-state index in [9.17, 15) is 22.0 Å². The van der Waals surface area contributed by atoms with Gasteiger partial charge in [-0.2, -0.15) is 0 Å². The maximum atomic E-state index is 13.3. The van der Waals surface area contributed by atoms with Crippen LogP contribution in [0.2, 0.25) is 0 Å². The molecule has 0 radical (unpaired) electrons. The quantitative estimate of drug-likeness (QED) is 0.833. The Bertz CT molecular complexity index is 675. The summed E-state index contributed by atoms with van der Waals surface area (Å²) in [6.07, 6.45) is 2.57. The molecule has 0 bridgehead atoms. The van der Waals surface area contributed by atoms with E-state index in [4.69, 9.17) is 4.74 Å². The first-order valence-electron chi connectivity index (χ1n) is 7.08. The Hall–Kier alpha value is -1.74. The Kier molecular flexibility index (Phi) is 5.53. The molecule has 128 valence electrons. The van der Waals surface area contributed by atoms with Crippen LogP contribution < -0.4 is 9.62 Å². The number of hydrogen-bond acceptors (Lipinski definition) is 4. The monoisotopic (exact) mass is 348 g/mol. The first-order chi connectivity index (χ1) is 10.8. The van der Waals surface area contributed by atoms with Crippen molar-refractivity contribution in [3.63, 3.8) is 0 Å². The van der Waals surface area contributed by atoms with E-state index in [1.807, 2.05) is 0 Å². The van der Waals surface area contributed by atoms with Crippen LogP contribution in [0.1, 0.15) is 12.8 Å². The molecule has 2 rings (SSSR count). The summed E-state index contributed by atoms with van der Waals surface area (Å²) in [6, 6.07) is 2.66. The topological polar surface area (TPSA) is 75.7 Å². The highest BCUT2D eigenvalue weighted by molar-refractivity contribution is 7.92. The van der Waals surface area contributed by atoms with Crippen LogP contribution in [0.5, 0.6) is 0 Å². The summed E-state index contributed by atoms with van der Waals surface area (Å²) in [4.78, 5) is 11.9. The standard InChI is InChI=1S/C14H18F2N2O4S/c1-23(20,21)18(10-4-5-12(15)13(16)7-10)9-14(19)17-8-11-3-2-6-22-11/h4-5,7,11H,2-3,6,8-9H2,1H3,(H,17,19)/t11-/m1/s1. The van der Waals surface area contributed by atoms with Crippen molar-refractivity contribution in [1.29, 1.82) is 0 Å². The molecule has 0 saturated carbocycles. The first-order valence-corrected chi connectivity index (χ1v) is 8.93. The summed E-state index contributed by atoms with van der Waals surface area (Å²) in [5.41, 5.74) is -0.112. The highest BCUT2D eigenvalue weighted by atomic mass is 32.2. The fourth-order valence-electron chi connectivity index (χ4n) is 2.26. The number of rotatable bonds is 6. The molecule has 1 saturated heterocycles. The van der Waals surface area contributed by atoms with Crippen LogP contribution >= 0.6 is 0 Å². The largest absolute Gasteiger partial charge is 0.376 e. The predicted octanol–water partition coefficient (Wildman–Crippen LogP) is 1.03. The lowest BCUT2D eigenvalue weighted by molar-refractivity contribution is -0.120. The zero-order valence-electron chi connectivity index (χ0n) is 12.6. The molecule has 1 aliphatic heterocycles. The zero-order valence-corrected chi connectivity index (χ0v) is 13.4. The maximum Gasteiger partial charge on any atom is 0.240 e. The third kappa shape index (κ3) is 4.87. The van der Waals surface area contributed by atoms with E-state index >= 15 is 0 Å². The van der Waals surface area contributed by atoms with Crippen LogP contribution in [-0.4, -0.2) is 46.4 Å². The molecule has 0 aliphatic carbocycles. The van der Waals surface area contributed by atoms with Crippen LogP contribution in [0.3, 0.4) is 0 Å². The van der Waals surface area contributed by atoms with Gasteiger partial charge in [-0.3, -0.25) is 9.10 Å². The molecule has 1 heterocycles. The highest BCUT2D eigenvalue weighted by Gasteiger charge is 2.23. The van der Waals surface area contributed by atoms with E-state index in [1.165, 1.54) is 0 Å². The number of carbonyl (C=O) groups is 1. The molecular formula is C14H18F2N2O4S. The third-order valence-electron chi connectivity index (χ3n) is 3.43. The van der Waals surface area contributed by atoms with Crippen molar-refractivity contribution in [2.75, 3.05) is 30.3 Å². The Labute approximate surface area is 133 Å². The summed E-state index contributed by atoms with van der Waals surface area (Å²) < 4.78 is 56.0. The van der Waals surface area contributed by atoms with Crippen molar-refractivity contribution in [3.8, 4) is 0 Å². The number of hydrogen-bond donors (Lipinski definition) is 1. The van der Waals surface area contributed by atoms with Crippen LogP contribution in [0.15, 0.2) is 18.2 Å². The van der Waals surface area contributed by atoms with Gasteiger partial charge in [0.15, 0.2) is 11.6 Å². The number of nitrogens with one attached hydrogen (secondary N) is 1. The van der Waals surface area contributed by atoms with E-state index < -0.39 is 34.1 Å². The van der Waals surface area contributed by atoms with Gasteiger partial charge in [-0.05, 0) is 25.0 Å². The van der Waals surface area contributed by atoms with Gasteiger partial charge in [0, 0.05) is 19.2 Å². The van der Waals surface area contributed by atoms with Crippen LogP contribution in [-0.2, 0) is 19.6 Å². The Morgan fingerprint density at radius 1 is 1.39 bits per heavy atom. The minimum atomic E-state index is -3.83. The summed E-state index contributed by atoms with van der Waals surface area (Å²) in [6.45, 7) is 0.412.